The maximum atomic E-state index is 12.1. The third kappa shape index (κ3) is 4.28. The highest BCUT2D eigenvalue weighted by Gasteiger charge is 2.26. The maximum Gasteiger partial charge on any atom is 0.410 e. The molecule has 0 atom stereocenters. The van der Waals surface area contributed by atoms with Crippen molar-refractivity contribution in [2.45, 2.75) is 26.4 Å². The quantitative estimate of drug-likeness (QED) is 0.908. The van der Waals surface area contributed by atoms with Crippen LogP contribution >= 0.6 is 0 Å². The van der Waals surface area contributed by atoms with Crippen LogP contribution < -0.4 is 10.2 Å². The molecule has 0 spiro atoms. The Morgan fingerprint density at radius 2 is 1.91 bits per heavy atom. The van der Waals surface area contributed by atoms with Gasteiger partial charge in [-0.1, -0.05) is 0 Å². The molecule has 1 heterocycles. The van der Waals surface area contributed by atoms with Crippen molar-refractivity contribution >= 4 is 17.5 Å². The molecular weight excluding hydrogens is 292 g/mol. The van der Waals surface area contributed by atoms with Crippen LogP contribution in [-0.2, 0) is 4.74 Å². The number of amides is 1. The van der Waals surface area contributed by atoms with Gasteiger partial charge in [-0.2, -0.15) is 5.26 Å². The van der Waals surface area contributed by atoms with E-state index in [2.05, 4.69) is 16.3 Å². The normalized spacial score (nSPS) is 15.1. The fourth-order valence-electron chi connectivity index (χ4n) is 2.54. The predicted molar refractivity (Wildman–Crippen MR) is 90.7 cm³/mol. The lowest BCUT2D eigenvalue weighted by atomic mass is 10.1. The summed E-state index contributed by atoms with van der Waals surface area (Å²) in [6.45, 7) is 8.33. The van der Waals surface area contributed by atoms with Gasteiger partial charge in [0, 0.05) is 33.2 Å². The van der Waals surface area contributed by atoms with Gasteiger partial charge in [-0.3, -0.25) is 0 Å². The minimum Gasteiger partial charge on any atom is -0.444 e. The highest BCUT2D eigenvalue weighted by atomic mass is 16.6. The van der Waals surface area contributed by atoms with Crippen LogP contribution in [0.1, 0.15) is 26.3 Å². The molecule has 0 aromatic heterocycles. The summed E-state index contributed by atoms with van der Waals surface area (Å²) in [6.07, 6.45) is -0.259. The molecule has 1 aliphatic heterocycles. The summed E-state index contributed by atoms with van der Waals surface area (Å²) in [4.78, 5) is 16.1. The molecule has 0 unspecified atom stereocenters. The number of hydrogen-bond acceptors (Lipinski definition) is 5. The summed E-state index contributed by atoms with van der Waals surface area (Å²) in [5, 5.41) is 12.1. The van der Waals surface area contributed by atoms with Crippen LogP contribution in [0.3, 0.4) is 0 Å². The zero-order valence-corrected chi connectivity index (χ0v) is 14.2. The molecule has 0 bridgehead atoms. The number of anilines is 2. The number of rotatable bonds is 2. The zero-order chi connectivity index (χ0) is 17.0. The Kier molecular flexibility index (Phi) is 4.99. The lowest BCUT2D eigenvalue weighted by Crippen LogP contribution is -2.50. The zero-order valence-electron chi connectivity index (χ0n) is 14.2. The first-order valence-corrected chi connectivity index (χ1v) is 7.79. The largest absolute Gasteiger partial charge is 0.444 e. The Morgan fingerprint density at radius 3 is 2.43 bits per heavy atom. The average Bonchev–Trinajstić information content (AvgIpc) is 2.52. The summed E-state index contributed by atoms with van der Waals surface area (Å²) in [5.41, 5.74) is 2.14. The van der Waals surface area contributed by atoms with E-state index in [1.165, 1.54) is 0 Å². The van der Waals surface area contributed by atoms with Gasteiger partial charge in [0.1, 0.15) is 5.60 Å². The second kappa shape index (κ2) is 6.78. The number of ether oxygens (including phenoxy) is 1. The molecule has 0 aliphatic carbocycles. The van der Waals surface area contributed by atoms with Gasteiger partial charge in [-0.25, -0.2) is 4.79 Å². The molecule has 124 valence electrons. The summed E-state index contributed by atoms with van der Waals surface area (Å²) >= 11 is 0. The van der Waals surface area contributed by atoms with Crippen LogP contribution in [-0.4, -0.2) is 49.8 Å². The molecule has 1 aromatic carbocycles. The van der Waals surface area contributed by atoms with Crippen molar-refractivity contribution in [3.63, 3.8) is 0 Å². The Balaban J connectivity index is 2.02. The molecule has 6 heteroatoms. The summed E-state index contributed by atoms with van der Waals surface area (Å²) in [5.74, 6) is 0. The van der Waals surface area contributed by atoms with Gasteiger partial charge in [-0.15, -0.1) is 0 Å². The molecule has 6 nitrogen and oxygen atoms in total. The number of carbonyl (C=O) groups is 1. The van der Waals surface area contributed by atoms with E-state index in [0.717, 1.165) is 24.5 Å². The molecular formula is C17H24N4O2. The van der Waals surface area contributed by atoms with Crippen molar-refractivity contribution < 1.29 is 9.53 Å². The highest BCUT2D eigenvalue weighted by molar-refractivity contribution is 5.73. The van der Waals surface area contributed by atoms with Gasteiger partial charge in [0.2, 0.25) is 0 Å². The number of hydrogen-bond donors (Lipinski definition) is 1. The Hall–Kier alpha value is -2.42. The minimum absolute atomic E-state index is 0.259. The standard InChI is InChI=1S/C17H24N4O2/c1-17(2,3)23-16(22)21-9-7-20(8-10-21)15-6-5-13(12-18)11-14(15)19-4/h5-6,11,19H,7-10H2,1-4H3. The van der Waals surface area contributed by atoms with E-state index in [0.29, 0.717) is 18.7 Å². The Morgan fingerprint density at radius 1 is 1.26 bits per heavy atom. The SMILES string of the molecule is CNc1cc(C#N)ccc1N1CCN(C(=O)OC(C)(C)C)CC1. The van der Waals surface area contributed by atoms with Crippen LogP contribution in [0.5, 0.6) is 0 Å². The number of benzene rings is 1. The van der Waals surface area contributed by atoms with Gasteiger partial charge in [0.25, 0.3) is 0 Å². The van der Waals surface area contributed by atoms with Crippen LogP contribution in [0.15, 0.2) is 18.2 Å². The first-order chi connectivity index (χ1) is 10.8. The third-order valence-electron chi connectivity index (χ3n) is 3.67. The van der Waals surface area contributed by atoms with Crippen molar-refractivity contribution in [1.29, 1.82) is 5.26 Å². The monoisotopic (exact) mass is 316 g/mol. The Labute approximate surface area is 137 Å². The molecule has 2 rings (SSSR count). The van der Waals surface area contributed by atoms with Crippen LogP contribution in [0.4, 0.5) is 16.2 Å². The minimum atomic E-state index is -0.472. The van der Waals surface area contributed by atoms with Crippen LogP contribution in [0, 0.1) is 11.3 Å². The molecule has 0 radical (unpaired) electrons. The summed E-state index contributed by atoms with van der Waals surface area (Å²) in [6, 6.07) is 7.76. The van der Waals surface area contributed by atoms with Crippen molar-refractivity contribution in [3.05, 3.63) is 23.8 Å². The topological polar surface area (TPSA) is 68.6 Å². The van der Waals surface area contributed by atoms with E-state index in [1.807, 2.05) is 46.0 Å². The van der Waals surface area contributed by atoms with Crippen LogP contribution in [0.2, 0.25) is 0 Å². The summed E-state index contributed by atoms with van der Waals surface area (Å²) in [7, 11) is 1.84. The van der Waals surface area contributed by atoms with Crippen molar-refractivity contribution in [1.82, 2.24) is 4.90 Å². The first-order valence-electron chi connectivity index (χ1n) is 7.79. The van der Waals surface area contributed by atoms with E-state index in [9.17, 15) is 4.79 Å². The predicted octanol–water partition coefficient (Wildman–Crippen LogP) is 2.66. The Bertz CT molecular complexity index is 608. The van der Waals surface area contributed by atoms with Gasteiger partial charge >= 0.3 is 6.09 Å². The van der Waals surface area contributed by atoms with Gasteiger partial charge in [0.15, 0.2) is 0 Å². The lowest BCUT2D eigenvalue weighted by Gasteiger charge is -2.37. The van der Waals surface area contributed by atoms with E-state index < -0.39 is 5.60 Å². The molecule has 1 aromatic rings. The van der Waals surface area contributed by atoms with Crippen molar-refractivity contribution in [2.75, 3.05) is 43.4 Å². The molecule has 1 amide bonds. The highest BCUT2D eigenvalue weighted by Crippen LogP contribution is 2.28. The van der Waals surface area contributed by atoms with E-state index in [-0.39, 0.29) is 6.09 Å². The molecule has 1 fully saturated rings. The second-order valence-electron chi connectivity index (χ2n) is 6.55. The third-order valence-corrected chi connectivity index (χ3v) is 3.67. The maximum absolute atomic E-state index is 12.1. The number of piperazine rings is 1. The van der Waals surface area contributed by atoms with E-state index in [1.54, 1.807) is 4.90 Å². The number of nitrogens with zero attached hydrogens (tertiary/aromatic N) is 3. The lowest BCUT2D eigenvalue weighted by molar-refractivity contribution is 0.0240. The van der Waals surface area contributed by atoms with Gasteiger partial charge < -0.3 is 19.9 Å². The molecule has 1 N–H and O–H groups in total. The summed E-state index contributed by atoms with van der Waals surface area (Å²) < 4.78 is 5.41. The van der Waals surface area contributed by atoms with Gasteiger partial charge in [0.05, 0.1) is 23.0 Å². The number of nitriles is 1. The molecule has 0 saturated carbocycles. The molecule has 1 aliphatic rings. The second-order valence-corrected chi connectivity index (χ2v) is 6.55. The number of carbonyl (C=O) groups excluding carboxylic acids is 1. The first kappa shape index (κ1) is 16.9. The fourth-order valence-corrected chi connectivity index (χ4v) is 2.54. The smallest absolute Gasteiger partial charge is 0.410 e. The van der Waals surface area contributed by atoms with Crippen LogP contribution in [0.25, 0.3) is 0 Å². The van der Waals surface area contributed by atoms with Crippen molar-refractivity contribution in [2.24, 2.45) is 0 Å². The molecule has 23 heavy (non-hydrogen) atoms. The van der Waals surface area contributed by atoms with Gasteiger partial charge in [-0.05, 0) is 39.0 Å². The molecule has 1 saturated heterocycles. The van der Waals surface area contributed by atoms with Crippen molar-refractivity contribution in [3.8, 4) is 6.07 Å². The van der Waals surface area contributed by atoms with E-state index in [4.69, 9.17) is 10.00 Å². The number of nitrogens with one attached hydrogen (secondary N) is 1. The average molecular weight is 316 g/mol. The van der Waals surface area contributed by atoms with E-state index >= 15 is 0 Å². The fraction of sp³-hybridized carbons (Fsp3) is 0.529.